The Kier molecular flexibility index (Phi) is 7.24. The number of thiazole rings is 1. The van der Waals surface area contributed by atoms with Crippen molar-refractivity contribution in [2.75, 3.05) is 11.4 Å². The van der Waals surface area contributed by atoms with Crippen LogP contribution in [-0.2, 0) is 21.4 Å². The minimum Gasteiger partial charge on any atom is -0.467 e. The molecule has 0 radical (unpaired) electrons. The van der Waals surface area contributed by atoms with E-state index in [1.54, 1.807) is 29.4 Å². The highest BCUT2D eigenvalue weighted by Crippen LogP contribution is 2.37. The maximum Gasteiger partial charge on any atom is 0.253 e. The number of nitrogens with zero attached hydrogens (tertiary/aromatic N) is 3. The monoisotopic (exact) mass is 563 g/mol. The minimum absolute atomic E-state index is 0.145. The number of halogens is 1. The van der Waals surface area contributed by atoms with Crippen LogP contribution in [0.3, 0.4) is 0 Å². The molecule has 1 aliphatic rings. The lowest BCUT2D eigenvalue weighted by Crippen LogP contribution is -2.52. The van der Waals surface area contributed by atoms with E-state index in [-0.39, 0.29) is 29.1 Å². The predicted octanol–water partition coefficient (Wildman–Crippen LogP) is 6.50. The van der Waals surface area contributed by atoms with Crippen molar-refractivity contribution >= 4 is 65.6 Å². The first-order chi connectivity index (χ1) is 17.3. The Bertz CT molecular complexity index is 1480. The van der Waals surface area contributed by atoms with E-state index in [2.05, 4.69) is 19.9 Å². The molecule has 1 atom stereocenters. The van der Waals surface area contributed by atoms with Gasteiger partial charge >= 0.3 is 0 Å². The van der Waals surface area contributed by atoms with Crippen LogP contribution < -0.4 is 4.90 Å². The van der Waals surface area contributed by atoms with Crippen molar-refractivity contribution in [3.05, 3.63) is 64.4 Å². The Morgan fingerprint density at radius 1 is 1.19 bits per heavy atom. The average Bonchev–Trinajstić information content (AvgIpc) is 3.62. The summed E-state index contributed by atoms with van der Waals surface area (Å²) in [5.41, 5.74) is 1.97. The first-order valence-corrected chi connectivity index (χ1v) is 15.2. The largest absolute Gasteiger partial charge is 0.467 e. The van der Waals surface area contributed by atoms with E-state index < -0.39 is 16.1 Å². The van der Waals surface area contributed by atoms with Crippen LogP contribution in [0.2, 0.25) is 4.34 Å². The molecule has 1 unspecified atom stereocenters. The van der Waals surface area contributed by atoms with Gasteiger partial charge in [0.15, 0.2) is 5.13 Å². The second kappa shape index (κ2) is 10.3. The topological polar surface area (TPSA) is 83.7 Å². The van der Waals surface area contributed by atoms with Gasteiger partial charge in [0.1, 0.15) is 16.0 Å². The summed E-state index contributed by atoms with van der Waals surface area (Å²) in [6.07, 6.45) is 3.46. The number of hydrogen-bond acceptors (Lipinski definition) is 7. The highest BCUT2D eigenvalue weighted by molar-refractivity contribution is 7.91. The van der Waals surface area contributed by atoms with Gasteiger partial charge in [-0.25, -0.2) is 13.4 Å². The number of furan rings is 1. The minimum atomic E-state index is -3.88. The SMILES string of the molecule is CC(C)c1cccc2sc(N(Cc3ccco3)C(=O)C3CCCCN3S(=O)(=O)c3ccc(Cl)s3)nc12. The quantitative estimate of drug-likeness (QED) is 0.256. The molecule has 0 bridgehead atoms. The number of amides is 1. The van der Waals surface area contributed by atoms with Gasteiger partial charge in [0.2, 0.25) is 5.91 Å². The number of fused-ring (bicyclic) bond motifs is 1. The third-order valence-electron chi connectivity index (χ3n) is 6.30. The third-order valence-corrected chi connectivity index (χ3v) is 11.0. The van der Waals surface area contributed by atoms with E-state index in [4.69, 9.17) is 21.0 Å². The van der Waals surface area contributed by atoms with Gasteiger partial charge in [-0.2, -0.15) is 4.31 Å². The zero-order valence-corrected chi connectivity index (χ0v) is 23.1. The summed E-state index contributed by atoms with van der Waals surface area (Å²) >= 11 is 8.46. The second-order valence-electron chi connectivity index (χ2n) is 9.03. The van der Waals surface area contributed by atoms with Crippen molar-refractivity contribution in [3.63, 3.8) is 0 Å². The maximum absolute atomic E-state index is 14.1. The van der Waals surface area contributed by atoms with E-state index >= 15 is 0 Å². The number of para-hydroxylation sites is 1. The summed E-state index contributed by atoms with van der Waals surface area (Å²) in [5.74, 6) is 0.568. The van der Waals surface area contributed by atoms with E-state index in [1.165, 1.54) is 21.7 Å². The van der Waals surface area contributed by atoms with Gasteiger partial charge in [0.05, 0.1) is 27.4 Å². The Morgan fingerprint density at radius 2 is 2.03 bits per heavy atom. The molecule has 4 heterocycles. The highest BCUT2D eigenvalue weighted by atomic mass is 35.5. The fourth-order valence-electron chi connectivity index (χ4n) is 4.51. The fourth-order valence-corrected chi connectivity index (χ4v) is 8.78. The zero-order chi connectivity index (χ0) is 25.4. The Hall–Kier alpha value is -2.24. The number of anilines is 1. The summed E-state index contributed by atoms with van der Waals surface area (Å²) in [5, 5.41) is 0.529. The molecule has 11 heteroatoms. The smallest absolute Gasteiger partial charge is 0.253 e. The molecule has 0 spiro atoms. The predicted molar refractivity (Wildman–Crippen MR) is 144 cm³/mol. The van der Waals surface area contributed by atoms with Gasteiger partial charge in [-0.15, -0.1) is 11.3 Å². The standard InChI is InChI=1S/C25H26ClN3O4S3/c1-16(2)18-8-5-10-20-23(18)27-25(34-20)28(15-17-7-6-14-33-17)24(30)19-9-3-4-13-29(19)36(31,32)22-12-11-21(26)35-22/h5-8,10-12,14,16,19H,3-4,9,13,15H2,1-2H3. The van der Waals surface area contributed by atoms with Crippen molar-refractivity contribution in [1.82, 2.24) is 9.29 Å². The molecule has 0 N–H and O–H groups in total. The summed E-state index contributed by atoms with van der Waals surface area (Å²) in [6.45, 7) is 4.67. The lowest BCUT2D eigenvalue weighted by Gasteiger charge is -2.35. The molecular formula is C25H26ClN3O4S3. The van der Waals surface area contributed by atoms with Crippen LogP contribution in [0.15, 0.2) is 57.4 Å². The lowest BCUT2D eigenvalue weighted by molar-refractivity contribution is -0.123. The third kappa shape index (κ3) is 4.84. The molecule has 7 nitrogen and oxygen atoms in total. The van der Waals surface area contributed by atoms with Gasteiger partial charge < -0.3 is 4.42 Å². The van der Waals surface area contributed by atoms with Gasteiger partial charge in [-0.3, -0.25) is 9.69 Å². The Labute approximate surface area is 223 Å². The molecule has 3 aromatic heterocycles. The van der Waals surface area contributed by atoms with Gasteiger partial charge in [-0.05, 0) is 54.7 Å². The van der Waals surface area contributed by atoms with Crippen LogP contribution in [0.25, 0.3) is 10.2 Å². The van der Waals surface area contributed by atoms with Gasteiger partial charge in [0.25, 0.3) is 10.0 Å². The number of sulfonamides is 1. The van der Waals surface area contributed by atoms with Crippen molar-refractivity contribution in [2.45, 2.75) is 55.8 Å². The molecule has 1 saturated heterocycles. The molecule has 190 valence electrons. The highest BCUT2D eigenvalue weighted by Gasteiger charge is 2.41. The Balaban J connectivity index is 1.55. The number of aromatic nitrogens is 1. The first kappa shape index (κ1) is 25.4. The first-order valence-electron chi connectivity index (χ1n) is 11.8. The number of carbonyl (C=O) groups excluding carboxylic acids is 1. The van der Waals surface area contributed by atoms with Crippen LogP contribution in [-0.4, -0.2) is 36.2 Å². The molecule has 1 aromatic carbocycles. The van der Waals surface area contributed by atoms with Crippen LogP contribution in [0.4, 0.5) is 5.13 Å². The fraction of sp³-hybridized carbons (Fsp3) is 0.360. The van der Waals surface area contributed by atoms with Crippen molar-refractivity contribution in [1.29, 1.82) is 0 Å². The maximum atomic E-state index is 14.1. The normalized spacial score (nSPS) is 17.2. The number of carbonyl (C=O) groups is 1. The second-order valence-corrected chi connectivity index (χ2v) is 13.9. The Morgan fingerprint density at radius 3 is 2.72 bits per heavy atom. The molecule has 4 aromatic rings. The average molecular weight is 564 g/mol. The van der Waals surface area contributed by atoms with Gasteiger partial charge in [-0.1, -0.05) is 55.3 Å². The lowest BCUT2D eigenvalue weighted by atomic mass is 10.0. The molecule has 1 amide bonds. The van der Waals surface area contributed by atoms with Crippen LogP contribution >= 0.6 is 34.3 Å². The molecule has 1 fully saturated rings. The molecular weight excluding hydrogens is 538 g/mol. The molecule has 0 aliphatic carbocycles. The van der Waals surface area contributed by atoms with Crippen molar-refractivity contribution in [2.24, 2.45) is 0 Å². The van der Waals surface area contributed by atoms with Gasteiger partial charge in [0, 0.05) is 6.54 Å². The zero-order valence-electron chi connectivity index (χ0n) is 19.9. The van der Waals surface area contributed by atoms with Crippen LogP contribution in [0.1, 0.15) is 50.4 Å². The van der Waals surface area contributed by atoms with E-state index in [1.807, 2.05) is 12.1 Å². The number of thiophene rings is 1. The number of hydrogen-bond donors (Lipinski definition) is 0. The molecule has 0 saturated carbocycles. The van der Waals surface area contributed by atoms with Crippen LogP contribution in [0.5, 0.6) is 0 Å². The van der Waals surface area contributed by atoms with Crippen molar-refractivity contribution in [3.8, 4) is 0 Å². The number of rotatable bonds is 7. The summed E-state index contributed by atoms with van der Waals surface area (Å²) < 4.78 is 35.5. The van der Waals surface area contributed by atoms with E-state index in [9.17, 15) is 13.2 Å². The van der Waals surface area contributed by atoms with E-state index in [0.29, 0.717) is 28.1 Å². The summed E-state index contributed by atoms with van der Waals surface area (Å²) in [7, 11) is -3.88. The van der Waals surface area contributed by atoms with E-state index in [0.717, 1.165) is 33.5 Å². The molecule has 1 aliphatic heterocycles. The van der Waals surface area contributed by atoms with Crippen LogP contribution in [0, 0.1) is 0 Å². The number of piperidine rings is 1. The molecule has 36 heavy (non-hydrogen) atoms. The molecule has 5 rings (SSSR count). The summed E-state index contributed by atoms with van der Waals surface area (Å²) in [6, 6.07) is 11.8. The number of benzene rings is 1. The van der Waals surface area contributed by atoms with Crippen molar-refractivity contribution < 1.29 is 17.6 Å². The summed E-state index contributed by atoms with van der Waals surface area (Å²) in [4.78, 5) is 20.6.